The van der Waals surface area contributed by atoms with Crippen molar-refractivity contribution in [1.82, 2.24) is 5.32 Å². The van der Waals surface area contributed by atoms with E-state index in [1.54, 1.807) is 0 Å². The fourth-order valence-electron chi connectivity index (χ4n) is 1.31. The number of benzene rings is 1. The number of amides is 1. The Hall–Kier alpha value is -1.31. The van der Waals surface area contributed by atoms with Crippen LogP contribution >= 0.6 is 11.6 Å². The predicted octanol–water partition coefficient (Wildman–Crippen LogP) is 1.09. The number of nitrogens with one attached hydrogen (secondary N) is 2. The van der Waals surface area contributed by atoms with Gasteiger partial charge in [-0.15, -0.1) is 0 Å². The van der Waals surface area contributed by atoms with E-state index in [0.29, 0.717) is 18.7 Å². The van der Waals surface area contributed by atoms with Crippen LogP contribution in [0.3, 0.4) is 0 Å². The predicted molar refractivity (Wildman–Crippen MR) is 74.1 cm³/mol. The number of carbonyl (C=O) groups excluding carboxylic acids is 1. The van der Waals surface area contributed by atoms with E-state index in [4.69, 9.17) is 16.3 Å². The quantitative estimate of drug-likeness (QED) is 0.771. The summed E-state index contributed by atoms with van der Waals surface area (Å²) in [4.78, 5) is 11.7. The van der Waals surface area contributed by atoms with E-state index in [0.717, 1.165) is 6.26 Å². The van der Waals surface area contributed by atoms with Gasteiger partial charge >= 0.3 is 0 Å². The molecule has 0 saturated heterocycles. The van der Waals surface area contributed by atoms with Crippen molar-refractivity contribution in [3.8, 4) is 0 Å². The molecular weight excluding hydrogens is 292 g/mol. The Labute approximate surface area is 117 Å². The Morgan fingerprint density at radius 3 is 2.63 bits per heavy atom. The number of hydrogen-bond donors (Lipinski definition) is 2. The molecule has 0 aliphatic carbocycles. The van der Waals surface area contributed by atoms with Crippen molar-refractivity contribution in [3.05, 3.63) is 28.8 Å². The molecule has 0 fully saturated rings. The Kier molecular flexibility index (Phi) is 5.59. The van der Waals surface area contributed by atoms with Crippen LogP contribution in [-0.2, 0) is 14.8 Å². The van der Waals surface area contributed by atoms with Crippen LogP contribution in [0.5, 0.6) is 0 Å². The van der Waals surface area contributed by atoms with Crippen LogP contribution in [0.2, 0.25) is 5.02 Å². The Bertz CT molecular complexity index is 560. The Morgan fingerprint density at radius 1 is 1.42 bits per heavy atom. The molecule has 8 heteroatoms. The molecule has 0 saturated carbocycles. The number of methoxy groups -OCH3 is 1. The molecule has 1 aromatic carbocycles. The summed E-state index contributed by atoms with van der Waals surface area (Å²) < 4.78 is 29.2. The number of rotatable bonds is 6. The molecule has 0 radical (unpaired) electrons. The summed E-state index contributed by atoms with van der Waals surface area (Å²) in [7, 11) is -1.87. The normalized spacial score (nSPS) is 11.1. The molecule has 19 heavy (non-hydrogen) atoms. The second kappa shape index (κ2) is 6.74. The number of sulfonamides is 1. The van der Waals surface area contributed by atoms with Crippen molar-refractivity contribution >= 4 is 33.2 Å². The highest BCUT2D eigenvalue weighted by Crippen LogP contribution is 2.23. The van der Waals surface area contributed by atoms with Gasteiger partial charge in [-0.2, -0.15) is 0 Å². The van der Waals surface area contributed by atoms with Crippen molar-refractivity contribution in [3.63, 3.8) is 0 Å². The molecule has 6 nitrogen and oxygen atoms in total. The second-order valence-corrected chi connectivity index (χ2v) is 5.97. The molecule has 0 atom stereocenters. The maximum Gasteiger partial charge on any atom is 0.251 e. The zero-order valence-corrected chi connectivity index (χ0v) is 12.1. The number of ether oxygens (including phenoxy) is 1. The maximum atomic E-state index is 11.7. The van der Waals surface area contributed by atoms with Crippen molar-refractivity contribution in [1.29, 1.82) is 0 Å². The molecule has 106 valence electrons. The lowest BCUT2D eigenvalue weighted by atomic mass is 10.2. The van der Waals surface area contributed by atoms with Crippen molar-refractivity contribution in [2.45, 2.75) is 0 Å². The topological polar surface area (TPSA) is 84.5 Å². The molecule has 0 unspecified atom stereocenters. The van der Waals surface area contributed by atoms with Crippen LogP contribution in [0.4, 0.5) is 5.69 Å². The summed E-state index contributed by atoms with van der Waals surface area (Å²) in [5.41, 5.74) is 0.581. The minimum Gasteiger partial charge on any atom is -0.383 e. The zero-order valence-electron chi connectivity index (χ0n) is 10.6. The summed E-state index contributed by atoms with van der Waals surface area (Å²) in [6.07, 6.45) is 1.02. The average molecular weight is 307 g/mol. The SMILES string of the molecule is COCCNC(=O)c1ccc(NS(C)(=O)=O)c(Cl)c1. The summed E-state index contributed by atoms with van der Waals surface area (Å²) in [5, 5.41) is 2.79. The first-order chi connectivity index (χ1) is 8.83. The number of carbonyl (C=O) groups is 1. The molecular formula is C11H15ClN2O4S. The van der Waals surface area contributed by atoms with Gasteiger partial charge in [0.05, 0.1) is 23.6 Å². The summed E-state index contributed by atoms with van der Waals surface area (Å²) in [5.74, 6) is -0.301. The fraction of sp³-hybridized carbons (Fsp3) is 0.364. The second-order valence-electron chi connectivity index (χ2n) is 3.82. The minimum absolute atomic E-state index is 0.157. The van der Waals surface area contributed by atoms with Crippen LogP contribution in [0.25, 0.3) is 0 Å². The van der Waals surface area contributed by atoms with Gasteiger partial charge in [-0.25, -0.2) is 8.42 Å². The van der Waals surface area contributed by atoms with Crippen molar-refractivity contribution in [2.75, 3.05) is 31.2 Å². The maximum absolute atomic E-state index is 11.7. The van der Waals surface area contributed by atoms with Crippen LogP contribution in [0.1, 0.15) is 10.4 Å². The first kappa shape index (κ1) is 15.7. The smallest absolute Gasteiger partial charge is 0.251 e. The van der Waals surface area contributed by atoms with Gasteiger partial charge in [0, 0.05) is 19.2 Å². The standard InChI is InChI=1S/C11H15ClN2O4S/c1-18-6-5-13-11(15)8-3-4-10(9(12)7-8)14-19(2,16)17/h3-4,7,14H,5-6H2,1-2H3,(H,13,15). The van der Waals surface area contributed by atoms with E-state index < -0.39 is 10.0 Å². The van der Waals surface area contributed by atoms with Crippen molar-refractivity contribution < 1.29 is 17.9 Å². The molecule has 0 spiro atoms. The number of halogens is 1. The van der Waals surface area contributed by atoms with Crippen LogP contribution in [0.15, 0.2) is 18.2 Å². The van der Waals surface area contributed by atoms with E-state index in [9.17, 15) is 13.2 Å². The van der Waals surface area contributed by atoms with Crippen molar-refractivity contribution in [2.24, 2.45) is 0 Å². The van der Waals surface area contributed by atoms with Gasteiger partial charge in [0.25, 0.3) is 5.91 Å². The van der Waals surface area contributed by atoms with Gasteiger partial charge in [-0.1, -0.05) is 11.6 Å². The van der Waals surface area contributed by atoms with E-state index >= 15 is 0 Å². The van der Waals surface area contributed by atoms with E-state index in [1.165, 1.54) is 25.3 Å². The molecule has 2 N–H and O–H groups in total. The lowest BCUT2D eigenvalue weighted by molar-refractivity contribution is 0.0937. The summed E-state index contributed by atoms with van der Waals surface area (Å²) >= 11 is 5.91. The lowest BCUT2D eigenvalue weighted by Crippen LogP contribution is -2.26. The van der Waals surface area contributed by atoms with Crippen LogP contribution in [-0.4, -0.2) is 40.8 Å². The van der Waals surface area contributed by atoms with Crippen LogP contribution in [0, 0.1) is 0 Å². The molecule has 0 aromatic heterocycles. The largest absolute Gasteiger partial charge is 0.383 e. The summed E-state index contributed by atoms with van der Waals surface area (Å²) in [6.45, 7) is 0.795. The minimum atomic E-state index is -3.40. The highest BCUT2D eigenvalue weighted by atomic mass is 35.5. The summed E-state index contributed by atoms with van der Waals surface area (Å²) in [6, 6.07) is 4.33. The molecule has 0 aliphatic heterocycles. The highest BCUT2D eigenvalue weighted by molar-refractivity contribution is 7.92. The van der Waals surface area contributed by atoms with Gasteiger partial charge in [0.2, 0.25) is 10.0 Å². The van der Waals surface area contributed by atoms with Gasteiger partial charge < -0.3 is 10.1 Å². The first-order valence-corrected chi connectivity index (χ1v) is 7.65. The molecule has 0 bridgehead atoms. The third-order valence-electron chi connectivity index (χ3n) is 2.12. The van der Waals surface area contributed by atoms with Gasteiger partial charge in [-0.05, 0) is 18.2 Å². The molecule has 1 rings (SSSR count). The van der Waals surface area contributed by atoms with Crippen LogP contribution < -0.4 is 10.0 Å². The lowest BCUT2D eigenvalue weighted by Gasteiger charge is -2.09. The molecule has 0 aliphatic rings. The highest BCUT2D eigenvalue weighted by Gasteiger charge is 2.10. The molecule has 1 amide bonds. The van der Waals surface area contributed by atoms with Gasteiger partial charge in [0.15, 0.2) is 0 Å². The van der Waals surface area contributed by atoms with E-state index in [-0.39, 0.29) is 16.6 Å². The Balaban J connectivity index is 2.79. The monoisotopic (exact) mass is 306 g/mol. The zero-order chi connectivity index (χ0) is 14.5. The fourth-order valence-corrected chi connectivity index (χ4v) is 2.17. The molecule has 0 heterocycles. The van der Waals surface area contributed by atoms with Gasteiger partial charge in [-0.3, -0.25) is 9.52 Å². The first-order valence-electron chi connectivity index (χ1n) is 5.38. The van der Waals surface area contributed by atoms with Gasteiger partial charge in [0.1, 0.15) is 0 Å². The Morgan fingerprint density at radius 2 is 2.11 bits per heavy atom. The number of hydrogen-bond acceptors (Lipinski definition) is 4. The average Bonchev–Trinajstić information content (AvgIpc) is 2.30. The van der Waals surface area contributed by atoms with E-state index in [1.807, 2.05) is 0 Å². The number of anilines is 1. The third-order valence-corrected chi connectivity index (χ3v) is 3.02. The molecule has 1 aromatic rings. The third kappa shape index (κ3) is 5.46. The van der Waals surface area contributed by atoms with E-state index in [2.05, 4.69) is 10.0 Å².